The second-order valence-corrected chi connectivity index (χ2v) is 11.2. The van der Waals surface area contributed by atoms with Crippen LogP contribution in [0.4, 0.5) is 5.69 Å². The molecule has 8 heteroatoms. The molecule has 0 bridgehead atoms. The third kappa shape index (κ3) is 4.50. The molecule has 4 rings (SSSR count). The molecule has 2 heterocycles. The summed E-state index contributed by atoms with van der Waals surface area (Å²) in [5.41, 5.74) is 1.51. The number of anilines is 1. The number of hydrogen-bond acceptors (Lipinski definition) is 6. The summed E-state index contributed by atoms with van der Waals surface area (Å²) in [6.45, 7) is 6.02. The fourth-order valence-electron chi connectivity index (χ4n) is 4.18. The lowest BCUT2D eigenvalue weighted by Crippen LogP contribution is -2.62. The monoisotopic (exact) mass is 434 g/mol. The van der Waals surface area contributed by atoms with Gasteiger partial charge >= 0.3 is 0 Å². The number of hydrogen-bond donors (Lipinski definition) is 3. The van der Waals surface area contributed by atoms with Gasteiger partial charge in [-0.15, -0.1) is 11.3 Å². The van der Waals surface area contributed by atoms with Crippen LogP contribution in [0.1, 0.15) is 56.9 Å². The average molecular weight is 435 g/mol. The van der Waals surface area contributed by atoms with Crippen LogP contribution in [0.3, 0.4) is 0 Å². The summed E-state index contributed by atoms with van der Waals surface area (Å²) in [5.74, 6) is 0.517. The van der Waals surface area contributed by atoms with E-state index in [0.717, 1.165) is 34.2 Å². The van der Waals surface area contributed by atoms with Crippen molar-refractivity contribution in [3.8, 4) is 10.4 Å². The normalized spacial score (nSPS) is 19.7. The number of aromatic nitrogens is 1. The summed E-state index contributed by atoms with van der Waals surface area (Å²) in [6.07, 6.45) is 8.04. The first-order chi connectivity index (χ1) is 13.9. The van der Waals surface area contributed by atoms with E-state index in [1.807, 2.05) is 18.3 Å². The molecule has 1 aliphatic carbocycles. The van der Waals surface area contributed by atoms with Gasteiger partial charge in [0.15, 0.2) is 0 Å². The third-order valence-electron chi connectivity index (χ3n) is 5.83. The van der Waals surface area contributed by atoms with Crippen molar-refractivity contribution in [2.45, 2.75) is 62.3 Å². The van der Waals surface area contributed by atoms with Gasteiger partial charge in [-0.2, -0.15) is 0 Å². The van der Waals surface area contributed by atoms with Crippen molar-refractivity contribution in [2.24, 2.45) is 0 Å². The lowest BCUT2D eigenvalue weighted by atomic mass is 9.90. The molecule has 0 atom stereocenters. The van der Waals surface area contributed by atoms with Gasteiger partial charge in [-0.25, -0.2) is 18.1 Å². The van der Waals surface area contributed by atoms with Gasteiger partial charge in [-0.1, -0.05) is 32.3 Å². The fourth-order valence-corrected chi connectivity index (χ4v) is 6.66. The van der Waals surface area contributed by atoms with E-state index in [-0.39, 0.29) is 5.54 Å². The van der Waals surface area contributed by atoms with E-state index in [9.17, 15) is 8.42 Å². The minimum absolute atomic E-state index is 0.0423. The molecule has 0 spiro atoms. The predicted octanol–water partition coefficient (Wildman–Crippen LogP) is 3.93. The molecular formula is C21H30N4O2S2. The van der Waals surface area contributed by atoms with Crippen LogP contribution >= 0.6 is 11.3 Å². The average Bonchev–Trinajstić information content (AvgIpc) is 3.17. The standard InChI is InChI=1S/C21H30N4O2S2/c1-3-24-29(26,27)19-11-16(25-21(2)13-22-14-21)9-10-17(19)18-12-23-20(28-18)15-7-5-4-6-8-15/h9-12,15,22,24-25H,3-8,13-14H2,1-2H3. The highest BCUT2D eigenvalue weighted by Crippen LogP contribution is 2.39. The van der Waals surface area contributed by atoms with Gasteiger partial charge in [0.2, 0.25) is 10.0 Å². The number of nitrogens with one attached hydrogen (secondary N) is 3. The Bertz CT molecular complexity index is 961. The summed E-state index contributed by atoms with van der Waals surface area (Å²) in [5, 5.41) is 7.88. The molecule has 0 amide bonds. The summed E-state index contributed by atoms with van der Waals surface area (Å²) < 4.78 is 28.6. The number of nitrogens with zero attached hydrogens (tertiary/aromatic N) is 1. The van der Waals surface area contributed by atoms with Crippen LogP contribution in [0.25, 0.3) is 10.4 Å². The lowest BCUT2D eigenvalue weighted by molar-refractivity contribution is 0.338. The topological polar surface area (TPSA) is 83.1 Å². The molecular weight excluding hydrogens is 404 g/mol. The molecule has 3 N–H and O–H groups in total. The smallest absolute Gasteiger partial charge is 0.241 e. The number of rotatable bonds is 7. The Morgan fingerprint density at radius 3 is 2.66 bits per heavy atom. The zero-order chi connectivity index (χ0) is 20.5. The maximum Gasteiger partial charge on any atom is 0.241 e. The molecule has 2 aliphatic rings. The first kappa shape index (κ1) is 20.8. The lowest BCUT2D eigenvalue weighted by Gasteiger charge is -2.41. The molecule has 6 nitrogen and oxygen atoms in total. The molecule has 0 unspecified atom stereocenters. The highest BCUT2D eigenvalue weighted by atomic mass is 32.2. The molecule has 1 saturated heterocycles. The Morgan fingerprint density at radius 1 is 1.24 bits per heavy atom. The van der Waals surface area contributed by atoms with Crippen LogP contribution < -0.4 is 15.4 Å². The summed E-state index contributed by atoms with van der Waals surface area (Å²) in [4.78, 5) is 5.91. The molecule has 1 saturated carbocycles. The van der Waals surface area contributed by atoms with E-state index in [1.54, 1.807) is 24.3 Å². The van der Waals surface area contributed by atoms with Gasteiger partial charge in [-0.3, -0.25) is 0 Å². The van der Waals surface area contributed by atoms with Crippen LogP contribution in [0.2, 0.25) is 0 Å². The van der Waals surface area contributed by atoms with E-state index < -0.39 is 10.0 Å². The first-order valence-corrected chi connectivity index (χ1v) is 12.8. The second-order valence-electron chi connectivity index (χ2n) is 8.40. The first-order valence-electron chi connectivity index (χ1n) is 10.5. The van der Waals surface area contributed by atoms with Gasteiger partial charge < -0.3 is 10.6 Å². The van der Waals surface area contributed by atoms with Crippen molar-refractivity contribution in [2.75, 3.05) is 25.0 Å². The van der Waals surface area contributed by atoms with Crippen LogP contribution in [-0.4, -0.2) is 38.6 Å². The SMILES string of the molecule is CCNS(=O)(=O)c1cc(NC2(C)CNC2)ccc1-c1cnc(C2CCCCC2)s1. The number of benzene rings is 1. The largest absolute Gasteiger partial charge is 0.377 e. The number of sulfonamides is 1. The third-order valence-corrected chi connectivity index (χ3v) is 8.60. The Hall–Kier alpha value is -1.48. The Labute approximate surface area is 177 Å². The van der Waals surface area contributed by atoms with E-state index in [0.29, 0.717) is 17.4 Å². The van der Waals surface area contributed by atoms with E-state index in [2.05, 4.69) is 27.3 Å². The molecule has 1 aromatic carbocycles. The molecule has 1 aromatic heterocycles. The fraction of sp³-hybridized carbons (Fsp3) is 0.571. The highest BCUT2D eigenvalue weighted by molar-refractivity contribution is 7.89. The van der Waals surface area contributed by atoms with Gasteiger partial charge in [0.25, 0.3) is 0 Å². The summed E-state index contributed by atoms with van der Waals surface area (Å²) in [7, 11) is -3.60. The van der Waals surface area contributed by atoms with Crippen molar-refractivity contribution >= 4 is 27.0 Å². The molecule has 0 radical (unpaired) electrons. The van der Waals surface area contributed by atoms with Crippen molar-refractivity contribution < 1.29 is 8.42 Å². The van der Waals surface area contributed by atoms with Crippen molar-refractivity contribution in [3.05, 3.63) is 29.4 Å². The van der Waals surface area contributed by atoms with Crippen molar-refractivity contribution in [1.82, 2.24) is 15.0 Å². The minimum atomic E-state index is -3.60. The van der Waals surface area contributed by atoms with Crippen LogP contribution in [0.15, 0.2) is 29.3 Å². The predicted molar refractivity (Wildman–Crippen MR) is 119 cm³/mol. The van der Waals surface area contributed by atoms with Crippen LogP contribution in [0.5, 0.6) is 0 Å². The van der Waals surface area contributed by atoms with Gasteiger partial charge in [-0.05, 0) is 31.9 Å². The highest BCUT2D eigenvalue weighted by Gasteiger charge is 2.32. The minimum Gasteiger partial charge on any atom is -0.377 e. The quantitative estimate of drug-likeness (QED) is 0.615. The molecule has 1 aliphatic heterocycles. The van der Waals surface area contributed by atoms with Crippen LogP contribution in [0, 0.1) is 0 Å². The summed E-state index contributed by atoms with van der Waals surface area (Å²) in [6, 6.07) is 5.65. The van der Waals surface area contributed by atoms with Crippen molar-refractivity contribution in [1.29, 1.82) is 0 Å². The van der Waals surface area contributed by atoms with Gasteiger partial charge in [0.1, 0.15) is 0 Å². The Morgan fingerprint density at radius 2 is 2.00 bits per heavy atom. The number of thiazole rings is 1. The summed E-state index contributed by atoms with van der Waals surface area (Å²) >= 11 is 1.64. The molecule has 158 valence electrons. The van der Waals surface area contributed by atoms with Crippen LogP contribution in [-0.2, 0) is 10.0 Å². The van der Waals surface area contributed by atoms with Gasteiger partial charge in [0, 0.05) is 43.0 Å². The second kappa shape index (κ2) is 8.34. The van der Waals surface area contributed by atoms with E-state index in [1.165, 1.54) is 32.1 Å². The Kier molecular flexibility index (Phi) is 5.97. The van der Waals surface area contributed by atoms with Gasteiger partial charge in [0.05, 0.1) is 20.3 Å². The Balaban J connectivity index is 1.69. The zero-order valence-corrected chi connectivity index (χ0v) is 18.8. The van der Waals surface area contributed by atoms with Crippen molar-refractivity contribution in [3.63, 3.8) is 0 Å². The maximum absolute atomic E-state index is 13.0. The molecule has 2 aromatic rings. The molecule has 2 fully saturated rings. The maximum atomic E-state index is 13.0. The van der Waals surface area contributed by atoms with E-state index in [4.69, 9.17) is 0 Å². The zero-order valence-electron chi connectivity index (χ0n) is 17.1. The molecule has 29 heavy (non-hydrogen) atoms. The van der Waals surface area contributed by atoms with E-state index >= 15 is 0 Å².